The molecule has 0 spiro atoms. The average molecular weight is 430 g/mol. The monoisotopic (exact) mass is 429 g/mol. The molecular formula is C24H39N5O2. The first kappa shape index (κ1) is 23.5. The van der Waals surface area contributed by atoms with E-state index in [1.165, 1.54) is 5.56 Å². The maximum absolute atomic E-state index is 12.4. The van der Waals surface area contributed by atoms with E-state index in [1.807, 2.05) is 24.0 Å². The van der Waals surface area contributed by atoms with Gasteiger partial charge in [0.25, 0.3) is 5.91 Å². The third-order valence-corrected chi connectivity index (χ3v) is 6.50. The third-order valence-electron chi connectivity index (χ3n) is 6.50. The van der Waals surface area contributed by atoms with Crippen LogP contribution in [0.3, 0.4) is 0 Å². The van der Waals surface area contributed by atoms with E-state index in [0.29, 0.717) is 12.5 Å². The lowest BCUT2D eigenvalue weighted by Crippen LogP contribution is -2.45. The van der Waals surface area contributed by atoms with Crippen LogP contribution >= 0.6 is 0 Å². The Bertz CT molecular complexity index is 692. The highest BCUT2D eigenvalue weighted by atomic mass is 16.2. The van der Waals surface area contributed by atoms with E-state index in [9.17, 15) is 9.59 Å². The summed E-state index contributed by atoms with van der Waals surface area (Å²) < 4.78 is 0. The number of likely N-dealkylation sites (tertiary alicyclic amines) is 1. The number of hydrogen-bond donors (Lipinski definition) is 2. The zero-order chi connectivity index (χ0) is 22.1. The lowest BCUT2D eigenvalue weighted by molar-refractivity contribution is 0.0949. The molecule has 7 nitrogen and oxygen atoms in total. The molecule has 2 aliphatic heterocycles. The van der Waals surface area contributed by atoms with E-state index in [-0.39, 0.29) is 11.9 Å². The SMILES string of the molecule is CCNC(=O)N1CCC(Cc2ccc(C(=O)NCCCN3CCN(C)CC3)cc2)CC1. The number of urea groups is 1. The first-order valence-corrected chi connectivity index (χ1v) is 11.9. The minimum Gasteiger partial charge on any atom is -0.352 e. The van der Waals surface area contributed by atoms with Crippen molar-refractivity contribution in [1.82, 2.24) is 25.3 Å². The van der Waals surface area contributed by atoms with Gasteiger partial charge < -0.3 is 25.3 Å². The summed E-state index contributed by atoms with van der Waals surface area (Å²) in [5, 5.41) is 5.93. The Morgan fingerprint density at radius 2 is 1.65 bits per heavy atom. The lowest BCUT2D eigenvalue weighted by Gasteiger charge is -2.32. The van der Waals surface area contributed by atoms with Gasteiger partial charge in [-0.3, -0.25) is 4.79 Å². The minimum atomic E-state index is 0.0140. The maximum Gasteiger partial charge on any atom is 0.317 e. The molecule has 2 saturated heterocycles. The average Bonchev–Trinajstić information content (AvgIpc) is 2.79. The largest absolute Gasteiger partial charge is 0.352 e. The van der Waals surface area contributed by atoms with Crippen LogP contribution in [0.2, 0.25) is 0 Å². The van der Waals surface area contributed by atoms with Crippen molar-refractivity contribution in [3.05, 3.63) is 35.4 Å². The maximum atomic E-state index is 12.4. The number of nitrogens with zero attached hydrogens (tertiary/aromatic N) is 3. The molecule has 0 unspecified atom stereocenters. The van der Waals surface area contributed by atoms with Crippen LogP contribution in [0, 0.1) is 5.92 Å². The Labute approximate surface area is 187 Å². The highest BCUT2D eigenvalue weighted by molar-refractivity contribution is 5.94. The number of carbonyl (C=O) groups excluding carboxylic acids is 2. The topological polar surface area (TPSA) is 67.9 Å². The van der Waals surface area contributed by atoms with E-state index >= 15 is 0 Å². The number of piperidine rings is 1. The van der Waals surface area contributed by atoms with E-state index in [2.05, 4.69) is 39.6 Å². The van der Waals surface area contributed by atoms with Crippen LogP contribution in [0.1, 0.15) is 42.1 Å². The number of amides is 3. The number of hydrogen-bond acceptors (Lipinski definition) is 4. The normalized spacial score (nSPS) is 18.7. The molecule has 0 aliphatic carbocycles. The molecule has 2 N–H and O–H groups in total. The number of rotatable bonds is 8. The number of carbonyl (C=O) groups is 2. The second kappa shape index (κ2) is 12.1. The number of benzene rings is 1. The Hall–Kier alpha value is -2.12. The first-order valence-electron chi connectivity index (χ1n) is 11.9. The number of likely N-dealkylation sites (N-methyl/N-ethyl adjacent to an activating group) is 1. The second-order valence-corrected chi connectivity index (χ2v) is 8.92. The summed E-state index contributed by atoms with van der Waals surface area (Å²) in [6.07, 6.45) is 4.07. The molecule has 172 valence electrons. The fourth-order valence-electron chi connectivity index (χ4n) is 4.41. The molecule has 0 radical (unpaired) electrons. The highest BCUT2D eigenvalue weighted by Crippen LogP contribution is 2.22. The van der Waals surface area contributed by atoms with Gasteiger partial charge in [-0.1, -0.05) is 12.1 Å². The van der Waals surface area contributed by atoms with Crippen molar-refractivity contribution in [2.75, 3.05) is 66.0 Å². The van der Waals surface area contributed by atoms with Gasteiger partial charge in [0.15, 0.2) is 0 Å². The van der Waals surface area contributed by atoms with Gasteiger partial charge in [0.1, 0.15) is 0 Å². The van der Waals surface area contributed by atoms with Gasteiger partial charge in [-0.2, -0.15) is 0 Å². The summed E-state index contributed by atoms with van der Waals surface area (Å²) >= 11 is 0. The van der Waals surface area contributed by atoms with Gasteiger partial charge in [0.2, 0.25) is 0 Å². The number of nitrogens with one attached hydrogen (secondary N) is 2. The summed E-state index contributed by atoms with van der Waals surface area (Å²) in [6, 6.07) is 8.09. The van der Waals surface area contributed by atoms with Crippen LogP contribution in [-0.2, 0) is 6.42 Å². The van der Waals surface area contributed by atoms with Crippen LogP contribution in [-0.4, -0.2) is 92.6 Å². The van der Waals surface area contributed by atoms with Crippen molar-refractivity contribution in [1.29, 1.82) is 0 Å². The van der Waals surface area contributed by atoms with Crippen molar-refractivity contribution in [3.8, 4) is 0 Å². The summed E-state index contributed by atoms with van der Waals surface area (Å²) in [5.74, 6) is 0.611. The zero-order valence-corrected chi connectivity index (χ0v) is 19.2. The van der Waals surface area contributed by atoms with E-state index < -0.39 is 0 Å². The molecule has 3 amide bonds. The molecule has 31 heavy (non-hydrogen) atoms. The molecule has 0 atom stereocenters. The van der Waals surface area contributed by atoms with E-state index in [1.54, 1.807) is 0 Å². The third kappa shape index (κ3) is 7.51. The lowest BCUT2D eigenvalue weighted by atomic mass is 9.90. The van der Waals surface area contributed by atoms with Gasteiger partial charge in [-0.05, 0) is 69.8 Å². The van der Waals surface area contributed by atoms with E-state index in [4.69, 9.17) is 0 Å². The fraction of sp³-hybridized carbons (Fsp3) is 0.667. The van der Waals surface area contributed by atoms with Crippen molar-refractivity contribution in [3.63, 3.8) is 0 Å². The van der Waals surface area contributed by atoms with Crippen LogP contribution < -0.4 is 10.6 Å². The molecule has 1 aromatic carbocycles. The molecule has 1 aromatic rings. The molecule has 2 aliphatic rings. The number of piperazine rings is 1. The molecule has 2 heterocycles. The van der Waals surface area contributed by atoms with Crippen LogP contribution in [0.5, 0.6) is 0 Å². The second-order valence-electron chi connectivity index (χ2n) is 8.92. The van der Waals surface area contributed by atoms with Crippen molar-refractivity contribution >= 4 is 11.9 Å². The van der Waals surface area contributed by atoms with Gasteiger partial charge in [0, 0.05) is 57.9 Å². The Morgan fingerprint density at radius 1 is 0.968 bits per heavy atom. The Morgan fingerprint density at radius 3 is 2.29 bits per heavy atom. The first-order chi connectivity index (χ1) is 15.0. The van der Waals surface area contributed by atoms with Gasteiger partial charge in [0.05, 0.1) is 0 Å². The summed E-state index contributed by atoms with van der Waals surface area (Å²) in [5.41, 5.74) is 2.00. The molecule has 2 fully saturated rings. The van der Waals surface area contributed by atoms with Crippen molar-refractivity contribution < 1.29 is 9.59 Å². The van der Waals surface area contributed by atoms with E-state index in [0.717, 1.165) is 83.6 Å². The van der Waals surface area contributed by atoms with Gasteiger partial charge in [-0.15, -0.1) is 0 Å². The van der Waals surface area contributed by atoms with Gasteiger partial charge in [-0.25, -0.2) is 4.79 Å². The van der Waals surface area contributed by atoms with Crippen LogP contribution in [0.25, 0.3) is 0 Å². The minimum absolute atomic E-state index is 0.0140. The van der Waals surface area contributed by atoms with Crippen molar-refractivity contribution in [2.45, 2.75) is 32.6 Å². The van der Waals surface area contributed by atoms with Crippen molar-refractivity contribution in [2.24, 2.45) is 5.92 Å². The van der Waals surface area contributed by atoms with Crippen LogP contribution in [0.4, 0.5) is 4.79 Å². The predicted molar refractivity (Wildman–Crippen MR) is 124 cm³/mol. The quantitative estimate of drug-likeness (QED) is 0.621. The van der Waals surface area contributed by atoms with Crippen LogP contribution in [0.15, 0.2) is 24.3 Å². The summed E-state index contributed by atoms with van der Waals surface area (Å²) in [7, 11) is 2.17. The molecule has 0 bridgehead atoms. The molecule has 0 aromatic heterocycles. The highest BCUT2D eigenvalue weighted by Gasteiger charge is 2.22. The smallest absolute Gasteiger partial charge is 0.317 e. The molecular weight excluding hydrogens is 390 g/mol. The Balaban J connectivity index is 1.34. The van der Waals surface area contributed by atoms with Gasteiger partial charge >= 0.3 is 6.03 Å². The fourth-order valence-corrected chi connectivity index (χ4v) is 4.41. The molecule has 3 rings (SSSR count). The standard InChI is InChI=1S/C24H39N5O2/c1-3-25-24(31)29-13-9-21(10-14-29)19-20-5-7-22(8-6-20)23(30)26-11-4-12-28-17-15-27(2)16-18-28/h5-8,21H,3-4,9-19H2,1-2H3,(H,25,31)(H,26,30). The predicted octanol–water partition coefficient (Wildman–Crippen LogP) is 2.04. The Kier molecular flexibility index (Phi) is 9.15. The zero-order valence-electron chi connectivity index (χ0n) is 19.2. The molecule has 7 heteroatoms. The molecule has 0 saturated carbocycles. The summed E-state index contributed by atoms with van der Waals surface area (Å²) in [6.45, 7) is 10.5. The summed E-state index contributed by atoms with van der Waals surface area (Å²) in [4.78, 5) is 31.1.